The molecule has 2 N–H and O–H groups in total. The van der Waals surface area contributed by atoms with E-state index >= 15 is 0 Å². The number of carbonyl (C=O) groups is 2. The fraction of sp³-hybridized carbons (Fsp3) is 0.421. The van der Waals surface area contributed by atoms with E-state index < -0.39 is 6.09 Å². The van der Waals surface area contributed by atoms with E-state index in [-0.39, 0.29) is 11.9 Å². The van der Waals surface area contributed by atoms with Crippen molar-refractivity contribution in [3.8, 4) is 0 Å². The number of thiazole rings is 1. The monoisotopic (exact) mass is 375 g/mol. The van der Waals surface area contributed by atoms with Crippen LogP contribution in [0.5, 0.6) is 0 Å². The third-order valence-electron chi connectivity index (χ3n) is 3.56. The van der Waals surface area contributed by atoms with Gasteiger partial charge in [-0.1, -0.05) is 26.0 Å². The first-order valence-electron chi connectivity index (χ1n) is 8.72. The number of benzene rings is 1. The lowest BCUT2D eigenvalue weighted by atomic mass is 10.0. The minimum absolute atomic E-state index is 0.172. The van der Waals surface area contributed by atoms with Crippen LogP contribution in [-0.4, -0.2) is 36.2 Å². The number of ether oxygens (including phenoxy) is 1. The predicted octanol–water partition coefficient (Wildman–Crippen LogP) is 3.59. The standard InChI is InChI=1S/C19H25N3O3S/c1-4-25-19(24)21-14(11-13(2)3)12-20-17(23)9-10-18-22-15-7-5-6-8-16(15)26-18/h5-10,13-14H,4,11-12H2,1-3H3,(H,20,23)(H,21,24)/b10-9+. The van der Waals surface area contributed by atoms with Gasteiger partial charge in [0.25, 0.3) is 0 Å². The predicted molar refractivity (Wildman–Crippen MR) is 105 cm³/mol. The molecule has 0 aliphatic carbocycles. The van der Waals surface area contributed by atoms with E-state index in [1.54, 1.807) is 13.0 Å². The van der Waals surface area contributed by atoms with Crippen LogP contribution in [0.3, 0.4) is 0 Å². The van der Waals surface area contributed by atoms with E-state index in [1.807, 2.05) is 24.3 Å². The molecule has 1 heterocycles. The number of nitrogens with one attached hydrogen (secondary N) is 2. The van der Waals surface area contributed by atoms with Gasteiger partial charge in [-0.2, -0.15) is 0 Å². The van der Waals surface area contributed by atoms with Crippen LogP contribution >= 0.6 is 11.3 Å². The zero-order valence-corrected chi connectivity index (χ0v) is 16.1. The van der Waals surface area contributed by atoms with Gasteiger partial charge < -0.3 is 15.4 Å². The van der Waals surface area contributed by atoms with Crippen LogP contribution in [0.1, 0.15) is 32.2 Å². The number of amides is 2. The maximum absolute atomic E-state index is 12.1. The molecule has 2 amide bonds. The summed E-state index contributed by atoms with van der Waals surface area (Å²) < 4.78 is 6.00. The minimum atomic E-state index is -0.461. The van der Waals surface area contributed by atoms with Gasteiger partial charge in [-0.15, -0.1) is 11.3 Å². The second-order valence-electron chi connectivity index (χ2n) is 6.29. The molecule has 0 saturated carbocycles. The number of carbonyl (C=O) groups excluding carboxylic acids is 2. The molecule has 1 unspecified atom stereocenters. The molecule has 0 spiro atoms. The van der Waals surface area contributed by atoms with Crippen LogP contribution in [-0.2, 0) is 9.53 Å². The van der Waals surface area contributed by atoms with Crippen LogP contribution in [0.4, 0.5) is 4.79 Å². The van der Waals surface area contributed by atoms with Gasteiger partial charge in [0.2, 0.25) is 5.91 Å². The zero-order chi connectivity index (χ0) is 18.9. The Kier molecular flexibility index (Phi) is 7.59. The van der Waals surface area contributed by atoms with E-state index in [0.717, 1.165) is 21.6 Å². The molecular formula is C19H25N3O3S. The zero-order valence-electron chi connectivity index (χ0n) is 15.3. The molecule has 6 nitrogen and oxygen atoms in total. The van der Waals surface area contributed by atoms with E-state index in [9.17, 15) is 9.59 Å². The van der Waals surface area contributed by atoms with Gasteiger partial charge >= 0.3 is 6.09 Å². The molecule has 1 aromatic carbocycles. The third-order valence-corrected chi connectivity index (χ3v) is 4.57. The normalized spacial score (nSPS) is 12.5. The summed E-state index contributed by atoms with van der Waals surface area (Å²) in [5.74, 6) is 0.167. The smallest absolute Gasteiger partial charge is 0.407 e. The highest BCUT2D eigenvalue weighted by Gasteiger charge is 2.15. The Balaban J connectivity index is 1.88. The van der Waals surface area contributed by atoms with E-state index in [4.69, 9.17) is 4.74 Å². The molecule has 1 aromatic heterocycles. The number of aromatic nitrogens is 1. The summed E-state index contributed by atoms with van der Waals surface area (Å²) in [7, 11) is 0. The van der Waals surface area contributed by atoms with Crippen molar-refractivity contribution in [1.82, 2.24) is 15.6 Å². The highest BCUT2D eigenvalue weighted by Crippen LogP contribution is 2.22. The summed E-state index contributed by atoms with van der Waals surface area (Å²) in [6.07, 6.45) is 3.46. The van der Waals surface area contributed by atoms with Crippen molar-refractivity contribution in [2.75, 3.05) is 13.2 Å². The van der Waals surface area contributed by atoms with Crippen LogP contribution < -0.4 is 10.6 Å². The first-order chi connectivity index (χ1) is 12.5. The summed E-state index contributed by atoms with van der Waals surface area (Å²) in [5.41, 5.74) is 0.924. The molecule has 26 heavy (non-hydrogen) atoms. The maximum atomic E-state index is 12.1. The average molecular weight is 375 g/mol. The Hall–Kier alpha value is -2.41. The average Bonchev–Trinajstić information content (AvgIpc) is 3.00. The van der Waals surface area contributed by atoms with Crippen molar-refractivity contribution in [3.63, 3.8) is 0 Å². The number of nitrogens with zero attached hydrogens (tertiary/aromatic N) is 1. The van der Waals surface area contributed by atoms with Gasteiger partial charge in [-0.3, -0.25) is 4.79 Å². The quantitative estimate of drug-likeness (QED) is 0.691. The Labute approximate surface area is 157 Å². The fourth-order valence-electron chi connectivity index (χ4n) is 2.49. The van der Waals surface area contributed by atoms with Crippen LogP contribution in [0.2, 0.25) is 0 Å². The largest absolute Gasteiger partial charge is 0.450 e. The van der Waals surface area contributed by atoms with E-state index in [0.29, 0.717) is 19.1 Å². The van der Waals surface area contributed by atoms with Crippen molar-refractivity contribution in [2.24, 2.45) is 5.92 Å². The fourth-order valence-corrected chi connectivity index (χ4v) is 3.36. The molecule has 2 aromatic rings. The molecule has 2 rings (SSSR count). The van der Waals surface area contributed by atoms with Gasteiger partial charge in [0, 0.05) is 18.7 Å². The van der Waals surface area contributed by atoms with Gasteiger partial charge in [0.1, 0.15) is 5.01 Å². The lowest BCUT2D eigenvalue weighted by Gasteiger charge is -2.20. The summed E-state index contributed by atoms with van der Waals surface area (Å²) >= 11 is 1.53. The molecule has 0 saturated heterocycles. The maximum Gasteiger partial charge on any atom is 0.407 e. The molecule has 0 fully saturated rings. The molecular weight excluding hydrogens is 350 g/mol. The van der Waals surface area contributed by atoms with E-state index in [2.05, 4.69) is 29.5 Å². The summed E-state index contributed by atoms with van der Waals surface area (Å²) in [6, 6.07) is 7.68. The second kappa shape index (κ2) is 9.91. The van der Waals surface area contributed by atoms with Crippen molar-refractivity contribution < 1.29 is 14.3 Å². The van der Waals surface area contributed by atoms with E-state index in [1.165, 1.54) is 17.4 Å². The number of alkyl carbamates (subject to hydrolysis) is 1. The molecule has 0 radical (unpaired) electrons. The summed E-state index contributed by atoms with van der Waals surface area (Å²) in [4.78, 5) is 28.1. The Morgan fingerprint density at radius 1 is 1.31 bits per heavy atom. The summed E-state index contributed by atoms with van der Waals surface area (Å²) in [6.45, 7) is 6.55. The minimum Gasteiger partial charge on any atom is -0.450 e. The van der Waals surface area contributed by atoms with Crippen molar-refractivity contribution in [1.29, 1.82) is 0 Å². The molecule has 0 aliphatic rings. The number of para-hydroxylation sites is 1. The summed E-state index contributed by atoms with van der Waals surface area (Å²) in [5, 5.41) is 6.39. The number of fused-ring (bicyclic) bond motifs is 1. The van der Waals surface area contributed by atoms with Crippen LogP contribution in [0, 0.1) is 5.92 Å². The van der Waals surface area contributed by atoms with Gasteiger partial charge in [-0.05, 0) is 37.5 Å². The third kappa shape index (κ3) is 6.48. The molecule has 0 aliphatic heterocycles. The first-order valence-corrected chi connectivity index (χ1v) is 9.54. The molecule has 140 valence electrons. The lowest BCUT2D eigenvalue weighted by Crippen LogP contribution is -2.44. The molecule has 1 atom stereocenters. The Morgan fingerprint density at radius 3 is 2.77 bits per heavy atom. The second-order valence-corrected chi connectivity index (χ2v) is 7.35. The molecule has 0 bridgehead atoms. The number of rotatable bonds is 8. The molecule has 7 heteroatoms. The SMILES string of the molecule is CCOC(=O)NC(CNC(=O)/C=C/c1nc2ccccc2s1)CC(C)C. The van der Waals surface area contributed by atoms with Gasteiger partial charge in [0.15, 0.2) is 0 Å². The first kappa shape index (κ1) is 19.9. The van der Waals surface area contributed by atoms with Gasteiger partial charge in [-0.25, -0.2) is 9.78 Å². The Bertz CT molecular complexity index is 737. The van der Waals surface area contributed by atoms with Crippen molar-refractivity contribution in [2.45, 2.75) is 33.2 Å². The number of hydrogen-bond donors (Lipinski definition) is 2. The van der Waals surface area contributed by atoms with Crippen molar-refractivity contribution >= 4 is 39.6 Å². The Morgan fingerprint density at radius 2 is 2.08 bits per heavy atom. The number of hydrogen-bond acceptors (Lipinski definition) is 5. The van der Waals surface area contributed by atoms with Gasteiger partial charge in [0.05, 0.1) is 16.8 Å². The lowest BCUT2D eigenvalue weighted by molar-refractivity contribution is -0.116. The van der Waals surface area contributed by atoms with Crippen LogP contribution in [0.25, 0.3) is 16.3 Å². The highest BCUT2D eigenvalue weighted by molar-refractivity contribution is 7.19. The topological polar surface area (TPSA) is 80.3 Å². The van der Waals surface area contributed by atoms with Crippen molar-refractivity contribution in [3.05, 3.63) is 35.3 Å². The highest BCUT2D eigenvalue weighted by atomic mass is 32.1. The van der Waals surface area contributed by atoms with Crippen LogP contribution in [0.15, 0.2) is 30.3 Å².